The number of carbonyl (C=O) groups excluding carboxylic acids is 1. The number of nitrogens with two attached hydrogens (primary N) is 1. The molecule has 86 valence electrons. The second-order valence-electron chi connectivity index (χ2n) is 3.94. The third-order valence-corrected chi connectivity index (χ3v) is 2.74. The first-order chi connectivity index (χ1) is 7.55. The molecule has 0 spiro atoms. The first kappa shape index (κ1) is 11.0. The number of amides is 1. The van der Waals surface area contributed by atoms with Crippen LogP contribution in [0.2, 0.25) is 0 Å². The Kier molecular flexibility index (Phi) is 2.63. The van der Waals surface area contributed by atoms with Crippen LogP contribution in [-0.2, 0) is 10.7 Å². The van der Waals surface area contributed by atoms with E-state index < -0.39 is 11.8 Å². The fourth-order valence-corrected chi connectivity index (χ4v) is 1.60. The van der Waals surface area contributed by atoms with Crippen LogP contribution < -0.4 is 11.3 Å². The van der Waals surface area contributed by atoms with Crippen molar-refractivity contribution in [3.63, 3.8) is 0 Å². The zero-order valence-electron chi connectivity index (χ0n) is 8.54. The van der Waals surface area contributed by atoms with Gasteiger partial charge in [-0.15, -0.1) is 0 Å². The smallest absolute Gasteiger partial charge is 0.289 e. The molecule has 1 fully saturated rings. The predicted molar refractivity (Wildman–Crippen MR) is 54.6 cm³/mol. The van der Waals surface area contributed by atoms with Gasteiger partial charge in [-0.1, -0.05) is 24.3 Å². The molecule has 1 aromatic rings. The summed E-state index contributed by atoms with van der Waals surface area (Å²) in [4.78, 5) is 10.9. The van der Waals surface area contributed by atoms with E-state index in [-0.39, 0.29) is 5.56 Å². The maximum Gasteiger partial charge on any atom is 0.351 e. The second kappa shape index (κ2) is 3.83. The lowest BCUT2D eigenvalue weighted by Crippen LogP contribution is -2.41. The van der Waals surface area contributed by atoms with E-state index in [1.54, 1.807) is 12.1 Å². The number of rotatable bonds is 3. The molecular formula is C11H12F2N2O. The maximum absolute atomic E-state index is 13.4. The Morgan fingerprint density at radius 2 is 1.88 bits per heavy atom. The first-order valence-corrected chi connectivity index (χ1v) is 5.05. The minimum Gasteiger partial charge on any atom is -0.289 e. The quantitative estimate of drug-likeness (QED) is 0.467. The van der Waals surface area contributed by atoms with E-state index in [9.17, 15) is 13.6 Å². The van der Waals surface area contributed by atoms with E-state index in [0.29, 0.717) is 5.92 Å². The number of alkyl halides is 2. The van der Waals surface area contributed by atoms with Crippen LogP contribution in [0, 0.1) is 0 Å². The highest BCUT2D eigenvalue weighted by atomic mass is 19.3. The summed E-state index contributed by atoms with van der Waals surface area (Å²) in [6.45, 7) is 0. The Bertz CT molecular complexity index is 399. The van der Waals surface area contributed by atoms with Gasteiger partial charge in [0.15, 0.2) is 0 Å². The average molecular weight is 226 g/mol. The summed E-state index contributed by atoms with van der Waals surface area (Å²) in [6, 6.07) is 5.85. The van der Waals surface area contributed by atoms with Gasteiger partial charge in [0.2, 0.25) is 0 Å². The van der Waals surface area contributed by atoms with Crippen LogP contribution in [-0.4, -0.2) is 5.91 Å². The molecule has 0 bridgehead atoms. The number of nitrogens with one attached hydrogen (secondary N) is 1. The summed E-state index contributed by atoms with van der Waals surface area (Å²) in [6.07, 6.45) is 2.22. The van der Waals surface area contributed by atoms with Crippen molar-refractivity contribution in [1.29, 1.82) is 0 Å². The summed E-state index contributed by atoms with van der Waals surface area (Å²) in [7, 11) is 0. The molecule has 5 heteroatoms. The van der Waals surface area contributed by atoms with E-state index in [0.717, 1.165) is 18.4 Å². The Hall–Kier alpha value is -1.49. The van der Waals surface area contributed by atoms with Gasteiger partial charge in [-0.05, 0) is 24.3 Å². The largest absolute Gasteiger partial charge is 0.351 e. The van der Waals surface area contributed by atoms with E-state index in [4.69, 9.17) is 5.84 Å². The molecule has 2 rings (SSSR count). The topological polar surface area (TPSA) is 55.1 Å². The minimum atomic E-state index is -3.57. The van der Waals surface area contributed by atoms with E-state index in [1.165, 1.54) is 17.6 Å². The van der Waals surface area contributed by atoms with Crippen molar-refractivity contribution in [2.24, 2.45) is 5.84 Å². The number of hydrogen-bond donors (Lipinski definition) is 2. The molecule has 1 aromatic carbocycles. The van der Waals surface area contributed by atoms with Gasteiger partial charge >= 0.3 is 11.8 Å². The Morgan fingerprint density at radius 1 is 1.31 bits per heavy atom. The van der Waals surface area contributed by atoms with Gasteiger partial charge in [0.1, 0.15) is 0 Å². The van der Waals surface area contributed by atoms with Crippen LogP contribution in [0.1, 0.15) is 29.9 Å². The van der Waals surface area contributed by atoms with Crippen LogP contribution in [0.5, 0.6) is 0 Å². The van der Waals surface area contributed by atoms with Gasteiger partial charge in [0.05, 0.1) is 0 Å². The number of halogens is 2. The lowest BCUT2D eigenvalue weighted by Gasteiger charge is -2.14. The number of benzene rings is 1. The molecule has 1 amide bonds. The highest BCUT2D eigenvalue weighted by Crippen LogP contribution is 2.40. The summed E-state index contributed by atoms with van der Waals surface area (Å²) in [5, 5.41) is 0. The molecule has 16 heavy (non-hydrogen) atoms. The highest BCUT2D eigenvalue weighted by molar-refractivity contribution is 5.84. The third-order valence-electron chi connectivity index (χ3n) is 2.74. The zero-order chi connectivity index (χ0) is 11.8. The molecule has 1 aliphatic carbocycles. The van der Waals surface area contributed by atoms with Crippen molar-refractivity contribution in [2.45, 2.75) is 24.7 Å². The molecule has 0 heterocycles. The monoisotopic (exact) mass is 226 g/mol. The summed E-state index contributed by atoms with van der Waals surface area (Å²) < 4.78 is 26.8. The molecule has 0 aromatic heterocycles. The molecule has 1 aliphatic rings. The summed E-state index contributed by atoms with van der Waals surface area (Å²) in [5.74, 6) is 0.143. The number of hydrazine groups is 1. The van der Waals surface area contributed by atoms with Crippen LogP contribution >= 0.6 is 0 Å². The Balaban J connectivity index is 2.22. The fourth-order valence-electron chi connectivity index (χ4n) is 1.60. The molecule has 0 atom stereocenters. The lowest BCUT2D eigenvalue weighted by atomic mass is 10.0. The molecule has 3 nitrogen and oxygen atoms in total. The normalized spacial score (nSPS) is 15.9. The minimum absolute atomic E-state index is 0.333. The standard InChI is InChI=1S/C11H12F2N2O/c12-11(13,10(16)15-14)9-5-3-8(4-6-9)7-1-2-7/h3-7H,1-2,14H2,(H,15,16). The van der Waals surface area contributed by atoms with Crippen molar-refractivity contribution in [3.05, 3.63) is 35.4 Å². The fraction of sp³-hybridized carbons (Fsp3) is 0.364. The molecule has 1 saturated carbocycles. The van der Waals surface area contributed by atoms with Crippen molar-refractivity contribution < 1.29 is 13.6 Å². The number of hydrogen-bond acceptors (Lipinski definition) is 2. The highest BCUT2D eigenvalue weighted by Gasteiger charge is 2.40. The van der Waals surface area contributed by atoms with Crippen LogP contribution in [0.15, 0.2) is 24.3 Å². The van der Waals surface area contributed by atoms with Crippen molar-refractivity contribution in [1.82, 2.24) is 5.43 Å². The van der Waals surface area contributed by atoms with Gasteiger partial charge in [0, 0.05) is 5.56 Å². The van der Waals surface area contributed by atoms with Crippen molar-refractivity contribution in [3.8, 4) is 0 Å². The second-order valence-corrected chi connectivity index (χ2v) is 3.94. The molecule has 0 unspecified atom stereocenters. The Morgan fingerprint density at radius 3 is 2.31 bits per heavy atom. The Labute approximate surface area is 91.6 Å². The van der Waals surface area contributed by atoms with E-state index in [1.807, 2.05) is 0 Å². The molecule has 0 aliphatic heterocycles. The lowest BCUT2D eigenvalue weighted by molar-refractivity contribution is -0.147. The molecule has 0 saturated heterocycles. The van der Waals surface area contributed by atoms with Gasteiger partial charge in [-0.2, -0.15) is 8.78 Å². The van der Waals surface area contributed by atoms with Crippen LogP contribution in [0.3, 0.4) is 0 Å². The number of carbonyl (C=O) groups is 1. The zero-order valence-corrected chi connectivity index (χ0v) is 8.54. The average Bonchev–Trinajstić information content (AvgIpc) is 3.12. The van der Waals surface area contributed by atoms with E-state index in [2.05, 4.69) is 0 Å². The van der Waals surface area contributed by atoms with E-state index >= 15 is 0 Å². The maximum atomic E-state index is 13.4. The SMILES string of the molecule is NNC(=O)C(F)(F)c1ccc(C2CC2)cc1. The van der Waals surface area contributed by atoms with Gasteiger partial charge in [-0.25, -0.2) is 5.84 Å². The third kappa shape index (κ3) is 1.90. The summed E-state index contributed by atoms with van der Waals surface area (Å²) in [5.41, 5.74) is 2.18. The molecular weight excluding hydrogens is 214 g/mol. The van der Waals surface area contributed by atoms with Crippen LogP contribution in [0.4, 0.5) is 8.78 Å². The molecule has 0 radical (unpaired) electrons. The van der Waals surface area contributed by atoms with Crippen molar-refractivity contribution in [2.75, 3.05) is 0 Å². The molecule has 3 N–H and O–H groups in total. The predicted octanol–water partition coefficient (Wildman–Crippen LogP) is 1.65. The van der Waals surface area contributed by atoms with Crippen molar-refractivity contribution >= 4 is 5.91 Å². The van der Waals surface area contributed by atoms with Gasteiger partial charge < -0.3 is 0 Å². The first-order valence-electron chi connectivity index (χ1n) is 5.05. The van der Waals surface area contributed by atoms with Gasteiger partial charge in [0.25, 0.3) is 0 Å². The van der Waals surface area contributed by atoms with Crippen LogP contribution in [0.25, 0.3) is 0 Å². The summed E-state index contributed by atoms with van der Waals surface area (Å²) >= 11 is 0. The van der Waals surface area contributed by atoms with Gasteiger partial charge in [-0.3, -0.25) is 10.2 Å².